The molecule has 2 fully saturated rings. The van der Waals surface area contributed by atoms with Crippen LogP contribution in [-0.2, 0) is 4.79 Å². The molecular weight excluding hydrogens is 244 g/mol. The van der Waals surface area contributed by atoms with E-state index in [1.807, 2.05) is 0 Å². The number of fused-ring (bicyclic) bond motifs is 2. The molecule has 19 heavy (non-hydrogen) atoms. The van der Waals surface area contributed by atoms with E-state index < -0.39 is 11.5 Å². The predicted octanol–water partition coefficient (Wildman–Crippen LogP) is 1.98. The summed E-state index contributed by atoms with van der Waals surface area (Å²) in [6, 6.07) is -0.256. The van der Waals surface area contributed by atoms with Crippen molar-refractivity contribution < 1.29 is 14.7 Å². The lowest BCUT2D eigenvalue weighted by Crippen LogP contribution is -2.50. The van der Waals surface area contributed by atoms with E-state index in [1.54, 1.807) is 13.8 Å². The maximum atomic E-state index is 11.8. The third-order valence-electron chi connectivity index (χ3n) is 4.45. The smallest absolute Gasteiger partial charge is 0.315 e. The van der Waals surface area contributed by atoms with E-state index in [4.69, 9.17) is 5.11 Å². The Morgan fingerprint density at radius 1 is 1.26 bits per heavy atom. The number of carbonyl (C=O) groups excluding carboxylic acids is 1. The molecule has 0 spiro atoms. The molecule has 3 N–H and O–H groups in total. The molecule has 0 aliphatic heterocycles. The number of hydrogen-bond donors (Lipinski definition) is 3. The molecule has 0 saturated heterocycles. The number of carboxylic acid groups (broad SMARTS) is 1. The Hall–Kier alpha value is -1.26. The molecule has 3 unspecified atom stereocenters. The fraction of sp³-hybridized carbons (Fsp3) is 0.857. The highest BCUT2D eigenvalue weighted by atomic mass is 16.4. The molecule has 0 heterocycles. The van der Waals surface area contributed by atoms with Gasteiger partial charge in [-0.2, -0.15) is 0 Å². The van der Waals surface area contributed by atoms with Gasteiger partial charge in [0.1, 0.15) is 0 Å². The van der Waals surface area contributed by atoms with Gasteiger partial charge in [0.15, 0.2) is 0 Å². The number of nitrogens with one attached hydrogen (secondary N) is 2. The molecule has 2 amide bonds. The number of carboxylic acids is 1. The zero-order chi connectivity index (χ0) is 14.0. The van der Waals surface area contributed by atoms with Crippen LogP contribution in [0.25, 0.3) is 0 Å². The zero-order valence-electron chi connectivity index (χ0n) is 11.7. The fourth-order valence-corrected chi connectivity index (χ4v) is 3.62. The normalized spacial score (nSPS) is 29.3. The summed E-state index contributed by atoms with van der Waals surface area (Å²) in [4.78, 5) is 22.5. The standard InChI is InChI=1S/C14H24N2O3/c1-14(2,7-12(17)18)16-13(19)15-8-11-6-9-3-4-10(11)5-9/h9-11H,3-8H2,1-2H3,(H,17,18)(H2,15,16,19). The molecule has 2 bridgehead atoms. The van der Waals surface area contributed by atoms with Gasteiger partial charge in [0, 0.05) is 12.1 Å². The Balaban J connectivity index is 1.71. The molecule has 3 atom stereocenters. The topological polar surface area (TPSA) is 78.4 Å². The minimum Gasteiger partial charge on any atom is -0.481 e. The third kappa shape index (κ3) is 3.85. The first kappa shape index (κ1) is 14.2. The number of rotatable bonds is 5. The van der Waals surface area contributed by atoms with Gasteiger partial charge < -0.3 is 15.7 Å². The number of urea groups is 1. The summed E-state index contributed by atoms with van der Waals surface area (Å²) in [5, 5.41) is 14.4. The van der Waals surface area contributed by atoms with Crippen LogP contribution in [0, 0.1) is 17.8 Å². The van der Waals surface area contributed by atoms with Crippen LogP contribution in [0.2, 0.25) is 0 Å². The molecule has 0 aromatic heterocycles. The average molecular weight is 268 g/mol. The minimum absolute atomic E-state index is 0.0749. The maximum Gasteiger partial charge on any atom is 0.315 e. The van der Waals surface area contributed by atoms with E-state index in [9.17, 15) is 9.59 Å². The lowest BCUT2D eigenvalue weighted by Gasteiger charge is -2.26. The SMILES string of the molecule is CC(C)(CC(=O)O)NC(=O)NCC1CC2CCC1C2. The number of hydrogen-bond acceptors (Lipinski definition) is 2. The zero-order valence-corrected chi connectivity index (χ0v) is 11.7. The number of amides is 2. The second-order valence-electron chi connectivity index (χ2n) is 6.72. The fourth-order valence-electron chi connectivity index (χ4n) is 3.62. The van der Waals surface area contributed by atoms with Crippen LogP contribution >= 0.6 is 0 Å². The highest BCUT2D eigenvalue weighted by molar-refractivity contribution is 5.76. The van der Waals surface area contributed by atoms with Crippen molar-refractivity contribution in [2.75, 3.05) is 6.54 Å². The van der Waals surface area contributed by atoms with Crippen molar-refractivity contribution in [1.29, 1.82) is 0 Å². The highest BCUT2D eigenvalue weighted by Gasteiger charge is 2.39. The summed E-state index contributed by atoms with van der Waals surface area (Å²) in [7, 11) is 0. The summed E-state index contributed by atoms with van der Waals surface area (Å²) in [6.45, 7) is 4.16. The van der Waals surface area contributed by atoms with Crippen LogP contribution in [0.3, 0.4) is 0 Å². The van der Waals surface area contributed by atoms with Crippen molar-refractivity contribution >= 4 is 12.0 Å². The first-order valence-electron chi connectivity index (χ1n) is 7.13. The summed E-state index contributed by atoms with van der Waals surface area (Å²) >= 11 is 0. The quantitative estimate of drug-likeness (QED) is 0.713. The lowest BCUT2D eigenvalue weighted by molar-refractivity contribution is -0.138. The Labute approximate surface area is 114 Å². The van der Waals surface area contributed by atoms with Gasteiger partial charge in [-0.3, -0.25) is 4.79 Å². The molecule has 2 aliphatic rings. The summed E-state index contributed by atoms with van der Waals surface area (Å²) in [6.07, 6.45) is 5.17. The Morgan fingerprint density at radius 3 is 2.53 bits per heavy atom. The molecule has 5 heteroatoms. The summed E-state index contributed by atoms with van der Waals surface area (Å²) in [5.74, 6) is 1.38. The van der Waals surface area contributed by atoms with Crippen LogP contribution in [-0.4, -0.2) is 29.2 Å². The van der Waals surface area contributed by atoms with E-state index in [0.717, 1.165) is 18.4 Å². The summed E-state index contributed by atoms with van der Waals surface area (Å²) < 4.78 is 0. The molecular formula is C14H24N2O3. The van der Waals surface area contributed by atoms with E-state index in [-0.39, 0.29) is 12.5 Å². The summed E-state index contributed by atoms with van der Waals surface area (Å²) in [5.41, 5.74) is -0.718. The third-order valence-corrected chi connectivity index (χ3v) is 4.45. The first-order chi connectivity index (χ1) is 8.85. The molecule has 2 saturated carbocycles. The molecule has 108 valence electrons. The van der Waals surface area contributed by atoms with E-state index >= 15 is 0 Å². The molecule has 0 aromatic carbocycles. The largest absolute Gasteiger partial charge is 0.481 e. The van der Waals surface area contributed by atoms with Crippen LogP contribution in [0.5, 0.6) is 0 Å². The monoisotopic (exact) mass is 268 g/mol. The molecule has 5 nitrogen and oxygen atoms in total. The maximum absolute atomic E-state index is 11.8. The Kier molecular flexibility index (Phi) is 4.02. The van der Waals surface area contributed by atoms with Crippen molar-refractivity contribution in [1.82, 2.24) is 10.6 Å². The Morgan fingerprint density at radius 2 is 2.00 bits per heavy atom. The van der Waals surface area contributed by atoms with Crippen LogP contribution < -0.4 is 10.6 Å². The second kappa shape index (κ2) is 5.39. The molecule has 0 aromatic rings. The van der Waals surface area contributed by atoms with Crippen LogP contribution in [0.4, 0.5) is 4.79 Å². The predicted molar refractivity (Wildman–Crippen MR) is 71.8 cm³/mol. The van der Waals surface area contributed by atoms with Crippen molar-refractivity contribution in [2.45, 2.75) is 51.5 Å². The van der Waals surface area contributed by atoms with Crippen molar-refractivity contribution in [2.24, 2.45) is 17.8 Å². The van der Waals surface area contributed by atoms with Gasteiger partial charge in [-0.1, -0.05) is 6.42 Å². The van der Waals surface area contributed by atoms with Gasteiger partial charge in [-0.05, 0) is 50.9 Å². The van der Waals surface area contributed by atoms with Gasteiger partial charge in [-0.25, -0.2) is 4.79 Å². The second-order valence-corrected chi connectivity index (χ2v) is 6.72. The van der Waals surface area contributed by atoms with Crippen molar-refractivity contribution in [3.8, 4) is 0 Å². The number of carbonyl (C=O) groups is 2. The van der Waals surface area contributed by atoms with Crippen molar-refractivity contribution in [3.63, 3.8) is 0 Å². The molecule has 2 aliphatic carbocycles. The molecule has 2 rings (SSSR count). The van der Waals surface area contributed by atoms with Crippen LogP contribution in [0.15, 0.2) is 0 Å². The molecule has 0 radical (unpaired) electrons. The lowest BCUT2D eigenvalue weighted by atomic mass is 9.89. The van der Waals surface area contributed by atoms with E-state index in [0.29, 0.717) is 5.92 Å². The van der Waals surface area contributed by atoms with Crippen LogP contribution in [0.1, 0.15) is 46.0 Å². The van der Waals surface area contributed by atoms with Gasteiger partial charge >= 0.3 is 12.0 Å². The van der Waals surface area contributed by atoms with Gasteiger partial charge in [0.2, 0.25) is 0 Å². The first-order valence-corrected chi connectivity index (χ1v) is 7.13. The number of aliphatic carboxylic acids is 1. The average Bonchev–Trinajstić information content (AvgIpc) is 2.84. The van der Waals surface area contributed by atoms with Gasteiger partial charge in [-0.15, -0.1) is 0 Å². The van der Waals surface area contributed by atoms with E-state index in [1.165, 1.54) is 25.7 Å². The highest BCUT2D eigenvalue weighted by Crippen LogP contribution is 2.47. The van der Waals surface area contributed by atoms with E-state index in [2.05, 4.69) is 10.6 Å². The van der Waals surface area contributed by atoms with Gasteiger partial charge in [0.25, 0.3) is 0 Å². The minimum atomic E-state index is -0.904. The Bertz CT molecular complexity index is 368. The van der Waals surface area contributed by atoms with Gasteiger partial charge in [0.05, 0.1) is 6.42 Å². The van der Waals surface area contributed by atoms with Crippen molar-refractivity contribution in [3.05, 3.63) is 0 Å².